The fourth-order valence-corrected chi connectivity index (χ4v) is 1.41. The molecule has 1 amide bonds. The third kappa shape index (κ3) is 3.26. The van der Waals surface area contributed by atoms with Crippen LogP contribution < -0.4 is 5.32 Å². The van der Waals surface area contributed by atoms with E-state index in [1.54, 1.807) is 20.8 Å². The molecule has 1 atom stereocenters. The van der Waals surface area contributed by atoms with E-state index >= 15 is 0 Å². The predicted octanol–water partition coefficient (Wildman–Crippen LogP) is 1.45. The summed E-state index contributed by atoms with van der Waals surface area (Å²) in [6.07, 6.45) is 1.21. The Bertz CT molecular complexity index is 469. The summed E-state index contributed by atoms with van der Waals surface area (Å²) in [7, 11) is 0. The number of aliphatic carboxylic acids is 1. The second-order valence-corrected chi connectivity index (χ2v) is 4.95. The third-order valence-corrected chi connectivity index (χ3v) is 2.39. The molecule has 0 radical (unpaired) electrons. The van der Waals surface area contributed by atoms with Gasteiger partial charge in [-0.15, -0.1) is 0 Å². The first-order chi connectivity index (χ1) is 8.23. The fourth-order valence-electron chi connectivity index (χ4n) is 1.41. The molecule has 0 aliphatic heterocycles. The van der Waals surface area contributed by atoms with Gasteiger partial charge in [-0.3, -0.25) is 4.79 Å². The number of carboxylic acid groups (broad SMARTS) is 1. The molecule has 0 spiro atoms. The van der Waals surface area contributed by atoms with Crippen LogP contribution in [0.25, 0.3) is 0 Å². The van der Waals surface area contributed by atoms with Gasteiger partial charge in [-0.2, -0.15) is 4.39 Å². The zero-order chi connectivity index (χ0) is 13.9. The molecule has 0 saturated carbocycles. The predicted molar refractivity (Wildman–Crippen MR) is 62.5 cm³/mol. The summed E-state index contributed by atoms with van der Waals surface area (Å²) in [6, 6.07) is 1.55. The quantitative estimate of drug-likeness (QED) is 0.800. The Morgan fingerprint density at radius 2 is 2.06 bits per heavy atom. The number of carbonyl (C=O) groups is 2. The van der Waals surface area contributed by atoms with Crippen LogP contribution in [0, 0.1) is 11.4 Å². The van der Waals surface area contributed by atoms with Crippen LogP contribution in [-0.4, -0.2) is 28.0 Å². The molecule has 1 heterocycles. The summed E-state index contributed by atoms with van der Waals surface area (Å²) >= 11 is 0. The highest BCUT2D eigenvalue weighted by atomic mass is 19.1. The van der Waals surface area contributed by atoms with Crippen molar-refractivity contribution in [3.8, 4) is 0 Å². The number of amides is 1. The second kappa shape index (κ2) is 5.12. The molecule has 1 aromatic rings. The molecule has 1 aromatic heterocycles. The van der Waals surface area contributed by atoms with E-state index in [2.05, 4.69) is 10.3 Å². The molecular formula is C12H15FN2O3. The van der Waals surface area contributed by atoms with Crippen LogP contribution >= 0.6 is 0 Å². The van der Waals surface area contributed by atoms with Crippen molar-refractivity contribution >= 4 is 11.9 Å². The van der Waals surface area contributed by atoms with Crippen LogP contribution in [-0.2, 0) is 4.79 Å². The summed E-state index contributed by atoms with van der Waals surface area (Å²) in [4.78, 5) is 26.2. The molecule has 0 aromatic carbocycles. The maximum Gasteiger partial charge on any atom is 0.326 e. The highest BCUT2D eigenvalue weighted by Crippen LogP contribution is 2.20. The van der Waals surface area contributed by atoms with Gasteiger partial charge in [0.1, 0.15) is 6.04 Å². The smallest absolute Gasteiger partial charge is 0.326 e. The summed E-state index contributed by atoms with van der Waals surface area (Å²) in [5.41, 5.74) is -0.951. The minimum Gasteiger partial charge on any atom is -0.480 e. The van der Waals surface area contributed by atoms with Gasteiger partial charge in [-0.05, 0) is 17.5 Å². The monoisotopic (exact) mass is 254 g/mol. The van der Waals surface area contributed by atoms with Crippen LogP contribution in [0.1, 0.15) is 31.1 Å². The lowest BCUT2D eigenvalue weighted by Crippen LogP contribution is -2.49. The van der Waals surface area contributed by atoms with E-state index in [1.165, 1.54) is 18.3 Å². The van der Waals surface area contributed by atoms with Crippen molar-refractivity contribution in [1.82, 2.24) is 10.3 Å². The van der Waals surface area contributed by atoms with Gasteiger partial charge in [0.05, 0.1) is 5.56 Å². The first-order valence-corrected chi connectivity index (χ1v) is 5.37. The first-order valence-electron chi connectivity index (χ1n) is 5.37. The Morgan fingerprint density at radius 3 is 2.50 bits per heavy atom. The summed E-state index contributed by atoms with van der Waals surface area (Å²) in [5, 5.41) is 11.3. The average molecular weight is 254 g/mol. The van der Waals surface area contributed by atoms with Gasteiger partial charge in [-0.1, -0.05) is 20.8 Å². The van der Waals surface area contributed by atoms with E-state index in [1.807, 2.05) is 0 Å². The lowest BCUT2D eigenvalue weighted by Gasteiger charge is -2.27. The average Bonchev–Trinajstić information content (AvgIpc) is 2.24. The van der Waals surface area contributed by atoms with E-state index in [0.717, 1.165) is 0 Å². The Hall–Kier alpha value is -1.98. The van der Waals surface area contributed by atoms with Gasteiger partial charge in [0.15, 0.2) is 0 Å². The van der Waals surface area contributed by atoms with Crippen molar-refractivity contribution < 1.29 is 19.1 Å². The molecule has 98 valence electrons. The zero-order valence-electron chi connectivity index (χ0n) is 10.4. The number of hydrogen-bond acceptors (Lipinski definition) is 3. The minimum atomic E-state index is -1.17. The summed E-state index contributed by atoms with van der Waals surface area (Å²) in [5.74, 6) is -2.88. The van der Waals surface area contributed by atoms with Crippen molar-refractivity contribution in [3.05, 3.63) is 29.8 Å². The Labute approximate surface area is 104 Å². The van der Waals surface area contributed by atoms with Gasteiger partial charge < -0.3 is 10.4 Å². The van der Waals surface area contributed by atoms with Crippen molar-refractivity contribution in [2.24, 2.45) is 5.41 Å². The lowest BCUT2D eigenvalue weighted by atomic mass is 9.86. The van der Waals surface area contributed by atoms with Crippen LogP contribution in [0.3, 0.4) is 0 Å². The maximum absolute atomic E-state index is 13.3. The van der Waals surface area contributed by atoms with Crippen molar-refractivity contribution in [2.75, 3.05) is 0 Å². The number of pyridine rings is 1. The fraction of sp³-hybridized carbons (Fsp3) is 0.417. The molecule has 6 heteroatoms. The number of nitrogens with zero attached hydrogens (tertiary/aromatic N) is 1. The second-order valence-electron chi connectivity index (χ2n) is 4.95. The van der Waals surface area contributed by atoms with E-state index in [-0.39, 0.29) is 5.56 Å². The van der Waals surface area contributed by atoms with Crippen molar-refractivity contribution in [1.29, 1.82) is 0 Å². The van der Waals surface area contributed by atoms with Crippen LogP contribution in [0.5, 0.6) is 0 Å². The van der Waals surface area contributed by atoms with Crippen LogP contribution in [0.15, 0.2) is 18.3 Å². The van der Waals surface area contributed by atoms with Gasteiger partial charge in [-0.25, -0.2) is 9.78 Å². The Kier molecular flexibility index (Phi) is 4.00. The molecular weight excluding hydrogens is 239 g/mol. The number of carbonyl (C=O) groups excluding carboxylic acids is 1. The summed E-state index contributed by atoms with van der Waals surface area (Å²) in [6.45, 7) is 5.02. The molecule has 18 heavy (non-hydrogen) atoms. The largest absolute Gasteiger partial charge is 0.480 e. The molecule has 0 aliphatic carbocycles. The Balaban J connectivity index is 2.93. The highest BCUT2D eigenvalue weighted by molar-refractivity contribution is 5.96. The van der Waals surface area contributed by atoms with Gasteiger partial charge in [0, 0.05) is 6.20 Å². The van der Waals surface area contributed by atoms with E-state index < -0.39 is 29.3 Å². The number of nitrogens with one attached hydrogen (secondary N) is 1. The molecule has 0 aliphatic rings. The molecule has 2 N–H and O–H groups in total. The topological polar surface area (TPSA) is 79.3 Å². The number of aromatic nitrogens is 1. The normalized spacial score (nSPS) is 12.9. The van der Waals surface area contributed by atoms with E-state index in [0.29, 0.717) is 0 Å². The van der Waals surface area contributed by atoms with Crippen molar-refractivity contribution in [2.45, 2.75) is 26.8 Å². The zero-order valence-corrected chi connectivity index (χ0v) is 10.4. The maximum atomic E-state index is 13.3. The highest BCUT2D eigenvalue weighted by Gasteiger charge is 2.33. The van der Waals surface area contributed by atoms with Gasteiger partial charge >= 0.3 is 5.97 Å². The lowest BCUT2D eigenvalue weighted by molar-refractivity contribution is -0.142. The molecule has 1 rings (SSSR count). The number of carboxylic acids is 1. The number of rotatable bonds is 3. The number of halogens is 1. The molecule has 0 unspecified atom stereocenters. The van der Waals surface area contributed by atoms with Crippen molar-refractivity contribution in [3.63, 3.8) is 0 Å². The van der Waals surface area contributed by atoms with Crippen LogP contribution in [0.2, 0.25) is 0 Å². The Morgan fingerprint density at radius 1 is 1.44 bits per heavy atom. The SMILES string of the molecule is CC(C)(C)[C@H](NC(=O)c1cccnc1F)C(=O)O. The van der Waals surface area contributed by atoms with Gasteiger partial charge in [0.25, 0.3) is 5.91 Å². The molecule has 0 bridgehead atoms. The van der Waals surface area contributed by atoms with Gasteiger partial charge in [0.2, 0.25) is 5.95 Å². The third-order valence-electron chi connectivity index (χ3n) is 2.39. The number of hydrogen-bond donors (Lipinski definition) is 2. The molecule has 5 nitrogen and oxygen atoms in total. The minimum absolute atomic E-state index is 0.270. The van der Waals surface area contributed by atoms with E-state index in [9.17, 15) is 14.0 Å². The molecule has 0 fully saturated rings. The first kappa shape index (κ1) is 14.1. The van der Waals surface area contributed by atoms with E-state index in [4.69, 9.17) is 5.11 Å². The standard InChI is InChI=1S/C12H15FN2O3/c1-12(2,3)8(11(17)18)15-10(16)7-5-4-6-14-9(7)13/h4-6,8H,1-3H3,(H,15,16)(H,17,18)/t8-/m1/s1. The summed E-state index contributed by atoms with van der Waals surface area (Å²) < 4.78 is 13.3. The van der Waals surface area contributed by atoms with Crippen LogP contribution in [0.4, 0.5) is 4.39 Å². The molecule has 0 saturated heterocycles.